The van der Waals surface area contributed by atoms with Gasteiger partial charge in [0.05, 0.1) is 19.1 Å². The first-order valence-electron chi connectivity index (χ1n) is 7.54. The van der Waals surface area contributed by atoms with Gasteiger partial charge in [0.15, 0.2) is 0 Å². The van der Waals surface area contributed by atoms with Crippen LogP contribution >= 0.6 is 15.9 Å². The van der Waals surface area contributed by atoms with Gasteiger partial charge in [0.2, 0.25) is 0 Å². The van der Waals surface area contributed by atoms with Crippen LogP contribution in [0.1, 0.15) is 29.0 Å². The van der Waals surface area contributed by atoms with Crippen molar-refractivity contribution in [3.8, 4) is 6.07 Å². The Morgan fingerprint density at radius 2 is 1.92 bits per heavy atom. The number of halogens is 1. The fourth-order valence-corrected chi connectivity index (χ4v) is 2.96. The molecule has 0 saturated heterocycles. The number of benzene rings is 2. The second-order valence-electron chi connectivity index (χ2n) is 5.48. The second kappa shape index (κ2) is 8.47. The number of aryl methyl sites for hydroxylation is 1. The Balaban J connectivity index is 2.35. The highest BCUT2D eigenvalue weighted by Crippen LogP contribution is 2.30. The predicted octanol–water partition coefficient (Wildman–Crippen LogP) is 5.01. The minimum atomic E-state index is -0.434. The standard InChI is InChI=1S/C20H18BrNO2/c1-14-7-9-15(10-8-14)11-16(20(23)24-2)12-17(13-22)18-5-3-4-6-19(18)21/h3-11,17H,12H2,1-2H3/b16-11-. The van der Waals surface area contributed by atoms with Crippen molar-refractivity contribution in [1.82, 2.24) is 0 Å². The third-order valence-corrected chi connectivity index (χ3v) is 4.45. The quantitative estimate of drug-likeness (QED) is 0.538. The Kier molecular flexibility index (Phi) is 6.34. The number of carbonyl (C=O) groups excluding carboxylic acids is 1. The Morgan fingerprint density at radius 1 is 1.25 bits per heavy atom. The van der Waals surface area contributed by atoms with Crippen LogP contribution in [0.3, 0.4) is 0 Å². The van der Waals surface area contributed by atoms with E-state index in [-0.39, 0.29) is 0 Å². The fraction of sp³-hybridized carbons (Fsp3) is 0.200. The van der Waals surface area contributed by atoms with Crippen LogP contribution in [0.15, 0.2) is 58.6 Å². The fourth-order valence-electron chi connectivity index (χ4n) is 2.40. The molecule has 1 unspecified atom stereocenters. The maximum atomic E-state index is 12.1. The monoisotopic (exact) mass is 383 g/mol. The molecule has 0 spiro atoms. The summed E-state index contributed by atoms with van der Waals surface area (Å²) in [5.41, 5.74) is 3.39. The molecule has 4 heteroatoms. The minimum Gasteiger partial charge on any atom is -0.466 e. The zero-order valence-corrected chi connectivity index (χ0v) is 15.2. The van der Waals surface area contributed by atoms with Gasteiger partial charge in [-0.3, -0.25) is 0 Å². The van der Waals surface area contributed by atoms with Crippen molar-refractivity contribution in [3.05, 3.63) is 75.3 Å². The number of esters is 1. The van der Waals surface area contributed by atoms with Crippen molar-refractivity contribution in [1.29, 1.82) is 5.26 Å². The Hall–Kier alpha value is -2.38. The van der Waals surface area contributed by atoms with Gasteiger partial charge in [-0.05, 0) is 36.6 Å². The molecule has 2 aromatic carbocycles. The number of methoxy groups -OCH3 is 1. The Labute approximate surface area is 150 Å². The molecule has 0 bridgehead atoms. The van der Waals surface area contributed by atoms with E-state index >= 15 is 0 Å². The van der Waals surface area contributed by atoms with E-state index in [0.29, 0.717) is 12.0 Å². The molecule has 3 nitrogen and oxygen atoms in total. The average Bonchev–Trinajstić information content (AvgIpc) is 2.60. The summed E-state index contributed by atoms with van der Waals surface area (Å²) in [6.07, 6.45) is 2.08. The van der Waals surface area contributed by atoms with E-state index in [1.165, 1.54) is 7.11 Å². The van der Waals surface area contributed by atoms with E-state index < -0.39 is 11.9 Å². The molecule has 122 valence electrons. The van der Waals surface area contributed by atoms with Gasteiger partial charge in [-0.15, -0.1) is 0 Å². The van der Waals surface area contributed by atoms with Crippen molar-refractivity contribution >= 4 is 28.0 Å². The van der Waals surface area contributed by atoms with Crippen LogP contribution in [-0.4, -0.2) is 13.1 Å². The van der Waals surface area contributed by atoms with E-state index in [9.17, 15) is 10.1 Å². The molecule has 0 fully saturated rings. The SMILES string of the molecule is COC(=O)/C(=C\c1ccc(C)cc1)CC(C#N)c1ccccc1Br. The van der Waals surface area contributed by atoms with Crippen LogP contribution in [0.4, 0.5) is 0 Å². The third-order valence-electron chi connectivity index (χ3n) is 3.73. The van der Waals surface area contributed by atoms with E-state index in [4.69, 9.17) is 4.74 Å². The zero-order chi connectivity index (χ0) is 17.5. The first-order chi connectivity index (χ1) is 11.5. The summed E-state index contributed by atoms with van der Waals surface area (Å²) >= 11 is 3.47. The van der Waals surface area contributed by atoms with Crippen molar-refractivity contribution in [2.45, 2.75) is 19.3 Å². The molecule has 0 radical (unpaired) electrons. The number of rotatable bonds is 5. The van der Waals surface area contributed by atoms with Crippen molar-refractivity contribution in [3.63, 3.8) is 0 Å². The van der Waals surface area contributed by atoms with Gasteiger partial charge in [0, 0.05) is 10.0 Å². The van der Waals surface area contributed by atoms with Crippen LogP contribution < -0.4 is 0 Å². The zero-order valence-electron chi connectivity index (χ0n) is 13.6. The van der Waals surface area contributed by atoms with E-state index in [0.717, 1.165) is 21.2 Å². The van der Waals surface area contributed by atoms with Gasteiger partial charge in [-0.2, -0.15) is 5.26 Å². The second-order valence-corrected chi connectivity index (χ2v) is 6.33. The number of ether oxygens (including phenoxy) is 1. The Bertz CT molecular complexity index is 788. The molecule has 0 saturated carbocycles. The number of carbonyl (C=O) groups is 1. The van der Waals surface area contributed by atoms with Crippen LogP contribution in [0.5, 0.6) is 0 Å². The molecule has 2 aromatic rings. The highest BCUT2D eigenvalue weighted by atomic mass is 79.9. The van der Waals surface area contributed by atoms with Crippen LogP contribution in [0, 0.1) is 18.3 Å². The van der Waals surface area contributed by atoms with Gasteiger partial charge in [-0.1, -0.05) is 64.0 Å². The lowest BCUT2D eigenvalue weighted by molar-refractivity contribution is -0.136. The van der Waals surface area contributed by atoms with Crippen LogP contribution in [0.25, 0.3) is 6.08 Å². The smallest absolute Gasteiger partial charge is 0.333 e. The van der Waals surface area contributed by atoms with Gasteiger partial charge < -0.3 is 4.74 Å². The van der Waals surface area contributed by atoms with Crippen molar-refractivity contribution in [2.24, 2.45) is 0 Å². The highest BCUT2D eigenvalue weighted by molar-refractivity contribution is 9.10. The maximum Gasteiger partial charge on any atom is 0.333 e. The third kappa shape index (κ3) is 4.56. The van der Waals surface area contributed by atoms with Crippen molar-refractivity contribution < 1.29 is 9.53 Å². The summed E-state index contributed by atoms with van der Waals surface area (Å²) < 4.78 is 5.75. The number of nitriles is 1. The van der Waals surface area contributed by atoms with E-state index in [1.54, 1.807) is 6.08 Å². The molecule has 0 aliphatic heterocycles. The van der Waals surface area contributed by atoms with Crippen molar-refractivity contribution in [2.75, 3.05) is 7.11 Å². The van der Waals surface area contributed by atoms with Gasteiger partial charge in [0.25, 0.3) is 0 Å². The molecule has 2 rings (SSSR count). The molecule has 0 amide bonds. The lowest BCUT2D eigenvalue weighted by Gasteiger charge is -2.13. The van der Waals surface area contributed by atoms with Gasteiger partial charge in [-0.25, -0.2) is 4.79 Å². The molecule has 24 heavy (non-hydrogen) atoms. The minimum absolute atomic E-state index is 0.291. The molecule has 0 heterocycles. The molecular weight excluding hydrogens is 366 g/mol. The topological polar surface area (TPSA) is 50.1 Å². The average molecular weight is 384 g/mol. The first-order valence-corrected chi connectivity index (χ1v) is 8.34. The first kappa shape index (κ1) is 18.0. The largest absolute Gasteiger partial charge is 0.466 e. The van der Waals surface area contributed by atoms with Gasteiger partial charge >= 0.3 is 5.97 Å². The lowest BCUT2D eigenvalue weighted by Crippen LogP contribution is -2.09. The molecule has 1 atom stereocenters. The summed E-state index contributed by atoms with van der Waals surface area (Å²) in [6, 6.07) is 17.7. The summed E-state index contributed by atoms with van der Waals surface area (Å²) in [5, 5.41) is 9.56. The number of hydrogen-bond donors (Lipinski definition) is 0. The summed E-state index contributed by atoms with van der Waals surface area (Å²) in [4.78, 5) is 12.1. The molecule has 0 aliphatic carbocycles. The highest BCUT2D eigenvalue weighted by Gasteiger charge is 2.20. The van der Waals surface area contributed by atoms with Crippen LogP contribution in [-0.2, 0) is 9.53 Å². The predicted molar refractivity (Wildman–Crippen MR) is 98.3 cm³/mol. The summed E-state index contributed by atoms with van der Waals surface area (Å²) in [6.45, 7) is 2.01. The lowest BCUT2D eigenvalue weighted by atomic mass is 9.92. The summed E-state index contributed by atoms with van der Waals surface area (Å²) in [7, 11) is 1.35. The summed E-state index contributed by atoms with van der Waals surface area (Å²) in [5.74, 6) is -0.848. The Morgan fingerprint density at radius 3 is 2.50 bits per heavy atom. The van der Waals surface area contributed by atoms with Gasteiger partial charge in [0.1, 0.15) is 0 Å². The number of nitrogens with zero attached hydrogens (tertiary/aromatic N) is 1. The number of hydrogen-bond acceptors (Lipinski definition) is 3. The molecule has 0 aromatic heterocycles. The van der Waals surface area contributed by atoms with E-state index in [2.05, 4.69) is 22.0 Å². The maximum absolute atomic E-state index is 12.1. The molecule has 0 N–H and O–H groups in total. The normalized spacial score (nSPS) is 12.3. The van der Waals surface area contributed by atoms with E-state index in [1.807, 2.05) is 55.5 Å². The molecule has 0 aliphatic rings. The van der Waals surface area contributed by atoms with Crippen LogP contribution in [0.2, 0.25) is 0 Å². The molecular formula is C20H18BrNO2.